The van der Waals surface area contributed by atoms with Crippen LogP contribution >= 0.6 is 11.6 Å². The van der Waals surface area contributed by atoms with Crippen molar-refractivity contribution in [1.82, 2.24) is 4.90 Å². The Morgan fingerprint density at radius 1 is 1.13 bits per heavy atom. The number of fused-ring (bicyclic) bond motifs is 1. The molecule has 3 aromatic rings. The van der Waals surface area contributed by atoms with Crippen LogP contribution < -0.4 is 10.1 Å². The number of hydrogen-bond acceptors (Lipinski definition) is 3. The van der Waals surface area contributed by atoms with Gasteiger partial charge in [-0.05, 0) is 54.1 Å². The molecule has 0 bridgehead atoms. The zero-order valence-electron chi connectivity index (χ0n) is 16.1. The Hall–Kier alpha value is -3.38. The molecule has 4 rings (SSSR count). The molecule has 0 saturated carbocycles. The van der Waals surface area contributed by atoms with E-state index in [2.05, 4.69) is 5.32 Å². The number of benzene rings is 3. The summed E-state index contributed by atoms with van der Waals surface area (Å²) in [7, 11) is 1.52. The van der Waals surface area contributed by atoms with Gasteiger partial charge in [0.15, 0.2) is 0 Å². The largest absolute Gasteiger partial charge is 0.497 e. The molecule has 1 aliphatic rings. The van der Waals surface area contributed by atoms with E-state index in [-0.39, 0.29) is 18.4 Å². The fourth-order valence-corrected chi connectivity index (χ4v) is 3.77. The van der Waals surface area contributed by atoms with Crippen LogP contribution in [0.15, 0.2) is 66.7 Å². The molecule has 1 aliphatic heterocycles. The van der Waals surface area contributed by atoms with Gasteiger partial charge in [-0.15, -0.1) is 0 Å². The summed E-state index contributed by atoms with van der Waals surface area (Å²) in [4.78, 5) is 27.6. The van der Waals surface area contributed by atoms with E-state index in [0.717, 1.165) is 0 Å². The van der Waals surface area contributed by atoms with Gasteiger partial charge in [-0.2, -0.15) is 0 Å². The van der Waals surface area contributed by atoms with Crippen molar-refractivity contribution in [3.8, 4) is 5.75 Å². The van der Waals surface area contributed by atoms with Gasteiger partial charge in [-0.25, -0.2) is 4.39 Å². The maximum Gasteiger partial charge on any atom is 0.255 e. The van der Waals surface area contributed by atoms with Crippen molar-refractivity contribution in [2.24, 2.45) is 0 Å². The molecule has 2 amide bonds. The second-order valence-electron chi connectivity index (χ2n) is 6.90. The topological polar surface area (TPSA) is 58.6 Å². The van der Waals surface area contributed by atoms with E-state index >= 15 is 0 Å². The van der Waals surface area contributed by atoms with E-state index in [1.807, 2.05) is 0 Å². The number of rotatable bonds is 3. The molecule has 0 unspecified atom stereocenters. The smallest absolute Gasteiger partial charge is 0.255 e. The molecule has 0 saturated heterocycles. The van der Waals surface area contributed by atoms with Gasteiger partial charge < -0.3 is 15.0 Å². The normalized spacial score (nSPS) is 15.8. The molecule has 152 valence electrons. The molecule has 1 heterocycles. The lowest BCUT2D eigenvalue weighted by Gasteiger charge is -2.31. The summed E-state index contributed by atoms with van der Waals surface area (Å²) >= 11 is 6.24. The highest BCUT2D eigenvalue weighted by Gasteiger charge is 2.34. The number of nitrogens with one attached hydrogen (secondary N) is 1. The molecule has 1 atom stereocenters. The van der Waals surface area contributed by atoms with E-state index in [9.17, 15) is 14.0 Å². The highest BCUT2D eigenvalue weighted by molar-refractivity contribution is 6.30. The van der Waals surface area contributed by atoms with Gasteiger partial charge in [0.25, 0.3) is 5.91 Å². The zero-order valence-corrected chi connectivity index (χ0v) is 16.8. The van der Waals surface area contributed by atoms with E-state index in [1.165, 1.54) is 24.1 Å². The van der Waals surface area contributed by atoms with Gasteiger partial charge in [0.2, 0.25) is 5.91 Å². The first-order chi connectivity index (χ1) is 14.5. The Kier molecular flexibility index (Phi) is 5.42. The number of ether oxygens (including phenoxy) is 1. The summed E-state index contributed by atoms with van der Waals surface area (Å²) in [5.74, 6) is -0.550. The Labute approximate surface area is 178 Å². The maximum absolute atomic E-state index is 13.6. The van der Waals surface area contributed by atoms with Gasteiger partial charge in [-0.3, -0.25) is 9.59 Å². The molecule has 7 heteroatoms. The number of nitrogens with zero attached hydrogens (tertiary/aromatic N) is 1. The Bertz CT molecular complexity index is 1120. The van der Waals surface area contributed by atoms with Crippen LogP contribution in [0.25, 0.3) is 0 Å². The molecular weight excluding hydrogens is 407 g/mol. The van der Waals surface area contributed by atoms with Crippen LogP contribution in [0.3, 0.4) is 0 Å². The first-order valence-electron chi connectivity index (χ1n) is 9.26. The third-order valence-electron chi connectivity index (χ3n) is 4.97. The number of amides is 2. The molecule has 0 aliphatic carbocycles. The summed E-state index contributed by atoms with van der Waals surface area (Å²) in [6.07, 6.45) is 0. The molecule has 0 spiro atoms. The van der Waals surface area contributed by atoms with Gasteiger partial charge in [0.1, 0.15) is 18.1 Å². The fourth-order valence-electron chi connectivity index (χ4n) is 3.59. The van der Waals surface area contributed by atoms with Crippen molar-refractivity contribution in [3.05, 3.63) is 94.3 Å². The summed E-state index contributed by atoms with van der Waals surface area (Å²) in [5, 5.41) is 3.29. The van der Waals surface area contributed by atoms with E-state index < -0.39 is 11.9 Å². The monoisotopic (exact) mass is 424 g/mol. The van der Waals surface area contributed by atoms with Crippen LogP contribution in [0.5, 0.6) is 5.75 Å². The molecule has 0 radical (unpaired) electrons. The highest BCUT2D eigenvalue weighted by Crippen LogP contribution is 2.38. The van der Waals surface area contributed by atoms with Crippen molar-refractivity contribution in [3.63, 3.8) is 0 Å². The molecule has 0 fully saturated rings. The number of hydrogen-bond donors (Lipinski definition) is 1. The quantitative estimate of drug-likeness (QED) is 0.664. The highest BCUT2D eigenvalue weighted by atomic mass is 35.5. The molecule has 5 nitrogen and oxygen atoms in total. The third-order valence-corrected chi connectivity index (χ3v) is 5.21. The van der Waals surface area contributed by atoms with E-state index in [4.69, 9.17) is 16.3 Å². The van der Waals surface area contributed by atoms with E-state index in [0.29, 0.717) is 33.1 Å². The zero-order chi connectivity index (χ0) is 21.3. The average Bonchev–Trinajstić information content (AvgIpc) is 2.89. The first-order valence-corrected chi connectivity index (χ1v) is 9.64. The number of methoxy groups -OCH3 is 1. The van der Waals surface area contributed by atoms with Gasteiger partial charge >= 0.3 is 0 Å². The predicted octanol–water partition coefficient (Wildman–Crippen LogP) is 4.67. The molecule has 0 aromatic heterocycles. The molecule has 3 aromatic carbocycles. The van der Waals surface area contributed by atoms with Gasteiger partial charge in [0.05, 0.1) is 13.2 Å². The number of anilines is 1. The summed E-state index contributed by atoms with van der Waals surface area (Å²) in [6.45, 7) is -0.176. The van der Waals surface area contributed by atoms with Crippen LogP contribution in [0, 0.1) is 5.82 Å². The number of carbonyl (C=O) groups is 2. The minimum absolute atomic E-state index is 0.176. The lowest BCUT2D eigenvalue weighted by Crippen LogP contribution is -2.39. The van der Waals surface area contributed by atoms with Crippen LogP contribution in [0.1, 0.15) is 27.5 Å². The van der Waals surface area contributed by atoms with Crippen molar-refractivity contribution in [2.45, 2.75) is 6.04 Å². The van der Waals surface area contributed by atoms with Gasteiger partial charge in [0, 0.05) is 21.8 Å². The fraction of sp³-hybridized carbons (Fsp3) is 0.130. The molecule has 1 N–H and O–H groups in total. The summed E-state index contributed by atoms with van der Waals surface area (Å²) < 4.78 is 18.8. The number of halogens is 2. The van der Waals surface area contributed by atoms with Crippen LogP contribution in [-0.2, 0) is 4.79 Å². The van der Waals surface area contributed by atoms with Crippen molar-refractivity contribution >= 4 is 29.1 Å². The maximum atomic E-state index is 13.6. The molecular formula is C23H18ClFN2O3. The van der Waals surface area contributed by atoms with E-state index in [1.54, 1.807) is 54.6 Å². The Morgan fingerprint density at radius 3 is 2.63 bits per heavy atom. The minimum Gasteiger partial charge on any atom is -0.497 e. The van der Waals surface area contributed by atoms with Crippen LogP contribution in [0.2, 0.25) is 5.02 Å². The van der Waals surface area contributed by atoms with Crippen LogP contribution in [0.4, 0.5) is 10.1 Å². The summed E-state index contributed by atoms with van der Waals surface area (Å²) in [6, 6.07) is 17.0. The lowest BCUT2D eigenvalue weighted by atomic mass is 9.95. The van der Waals surface area contributed by atoms with Crippen molar-refractivity contribution in [1.29, 1.82) is 0 Å². The molecule has 30 heavy (non-hydrogen) atoms. The third kappa shape index (κ3) is 3.86. The first kappa shape index (κ1) is 19.9. The Balaban J connectivity index is 1.88. The van der Waals surface area contributed by atoms with Crippen molar-refractivity contribution in [2.75, 3.05) is 19.0 Å². The standard InChI is InChI=1S/C23H18ClFN2O3/c1-30-18-4-2-3-15(11-18)23(29)27-13-21(28)26-20-10-7-16(24)12-19(20)22(27)14-5-8-17(25)9-6-14/h2-12,22H,13H2,1H3,(H,26,28)/t22-/m1/s1. The SMILES string of the molecule is COc1cccc(C(=O)N2CC(=O)Nc3ccc(Cl)cc3[C@H]2c2ccc(F)cc2)c1. The van der Waals surface area contributed by atoms with Gasteiger partial charge in [-0.1, -0.05) is 29.8 Å². The summed E-state index contributed by atoms with van der Waals surface area (Å²) in [5.41, 5.74) is 2.24. The van der Waals surface area contributed by atoms with Crippen LogP contribution in [-0.4, -0.2) is 30.4 Å². The minimum atomic E-state index is -0.642. The second-order valence-corrected chi connectivity index (χ2v) is 7.34. The Morgan fingerprint density at radius 2 is 1.90 bits per heavy atom. The number of carbonyl (C=O) groups excluding carboxylic acids is 2. The lowest BCUT2D eigenvalue weighted by molar-refractivity contribution is -0.117. The van der Waals surface area contributed by atoms with Crippen molar-refractivity contribution < 1.29 is 18.7 Å². The predicted molar refractivity (Wildman–Crippen MR) is 112 cm³/mol. The average molecular weight is 425 g/mol. The second kappa shape index (κ2) is 8.16.